The van der Waals surface area contributed by atoms with E-state index >= 15 is 0 Å². The lowest BCUT2D eigenvalue weighted by Crippen LogP contribution is -2.57. The van der Waals surface area contributed by atoms with E-state index in [-0.39, 0.29) is 18.3 Å². The summed E-state index contributed by atoms with van der Waals surface area (Å²) < 4.78 is 0. The van der Waals surface area contributed by atoms with Crippen molar-refractivity contribution in [3.63, 3.8) is 0 Å². The fourth-order valence-corrected chi connectivity index (χ4v) is 2.01. The molecule has 0 atom stereocenters. The summed E-state index contributed by atoms with van der Waals surface area (Å²) in [5.74, 6) is 0.0362. The highest BCUT2D eigenvalue weighted by Crippen LogP contribution is 2.14. The molecule has 2 heterocycles. The number of likely N-dealkylation sites (N-methyl/N-ethyl adjacent to an activating group) is 1. The maximum Gasteiger partial charge on any atom is 0.254 e. The molecule has 100 valence electrons. The normalized spacial score (nSPS) is 14.6. The first-order valence-electron chi connectivity index (χ1n) is 5.94. The summed E-state index contributed by atoms with van der Waals surface area (Å²) in [5, 5.41) is 3.16. The molecule has 1 aliphatic rings. The van der Waals surface area contributed by atoms with Crippen molar-refractivity contribution in [2.24, 2.45) is 0 Å². The van der Waals surface area contributed by atoms with Crippen LogP contribution in [-0.4, -0.2) is 47.0 Å². The molecular weight excluding hydrogens is 264 g/mol. The largest absolute Gasteiger partial charge is 0.336 e. The SMILES string of the molecule is CN(C(=O)c1ccc2nccnc2c1)C1CNC1.Cl. The van der Waals surface area contributed by atoms with E-state index in [2.05, 4.69) is 15.3 Å². The number of nitrogens with zero attached hydrogens (tertiary/aromatic N) is 3. The van der Waals surface area contributed by atoms with E-state index < -0.39 is 0 Å². The zero-order valence-electron chi connectivity index (χ0n) is 10.5. The molecule has 1 N–H and O–H groups in total. The summed E-state index contributed by atoms with van der Waals surface area (Å²) in [4.78, 5) is 22.5. The Morgan fingerprint density at radius 1 is 1.26 bits per heavy atom. The number of rotatable bonds is 2. The summed E-state index contributed by atoms with van der Waals surface area (Å²) in [7, 11) is 1.84. The second kappa shape index (κ2) is 5.50. The zero-order valence-corrected chi connectivity index (χ0v) is 11.4. The topological polar surface area (TPSA) is 58.1 Å². The molecule has 0 spiro atoms. The van der Waals surface area contributed by atoms with Crippen molar-refractivity contribution in [1.82, 2.24) is 20.2 Å². The van der Waals surface area contributed by atoms with Crippen LogP contribution in [0.1, 0.15) is 10.4 Å². The van der Waals surface area contributed by atoms with Gasteiger partial charge in [-0.2, -0.15) is 0 Å². The number of halogens is 1. The van der Waals surface area contributed by atoms with Crippen LogP contribution in [0.25, 0.3) is 11.0 Å². The Bertz CT molecular complexity index is 600. The van der Waals surface area contributed by atoms with Gasteiger partial charge in [0.05, 0.1) is 17.1 Å². The standard InChI is InChI=1S/C13H14N4O.ClH/c1-17(10-7-14-8-10)13(18)9-2-3-11-12(6-9)16-5-4-15-11;/h2-6,10,14H,7-8H2,1H3;1H. The molecule has 1 aromatic heterocycles. The van der Waals surface area contributed by atoms with Gasteiger partial charge in [0.25, 0.3) is 5.91 Å². The smallest absolute Gasteiger partial charge is 0.254 e. The monoisotopic (exact) mass is 278 g/mol. The van der Waals surface area contributed by atoms with Crippen molar-refractivity contribution < 1.29 is 4.79 Å². The van der Waals surface area contributed by atoms with Crippen LogP contribution < -0.4 is 5.32 Å². The van der Waals surface area contributed by atoms with E-state index in [0.29, 0.717) is 11.6 Å². The van der Waals surface area contributed by atoms with Gasteiger partial charge in [0.1, 0.15) is 0 Å². The molecule has 0 bridgehead atoms. The second-order valence-electron chi connectivity index (χ2n) is 4.49. The van der Waals surface area contributed by atoms with Crippen molar-refractivity contribution in [3.8, 4) is 0 Å². The van der Waals surface area contributed by atoms with Crippen molar-refractivity contribution in [2.45, 2.75) is 6.04 Å². The highest BCUT2D eigenvalue weighted by atomic mass is 35.5. The van der Waals surface area contributed by atoms with Crippen molar-refractivity contribution >= 4 is 29.3 Å². The van der Waals surface area contributed by atoms with Gasteiger partial charge in [-0.3, -0.25) is 14.8 Å². The van der Waals surface area contributed by atoms with Gasteiger partial charge < -0.3 is 10.2 Å². The van der Waals surface area contributed by atoms with Gasteiger partial charge in [-0.25, -0.2) is 0 Å². The number of fused-ring (bicyclic) bond motifs is 1. The lowest BCUT2D eigenvalue weighted by Gasteiger charge is -2.35. The fourth-order valence-electron chi connectivity index (χ4n) is 2.01. The minimum absolute atomic E-state index is 0. The summed E-state index contributed by atoms with van der Waals surface area (Å²) in [5.41, 5.74) is 2.22. The summed E-state index contributed by atoms with van der Waals surface area (Å²) in [6.07, 6.45) is 3.28. The molecule has 5 nitrogen and oxygen atoms in total. The number of aromatic nitrogens is 2. The predicted octanol–water partition coefficient (Wildman–Crippen LogP) is 1.10. The van der Waals surface area contributed by atoms with Crippen LogP contribution in [0, 0.1) is 0 Å². The molecular formula is C13H15ClN4O. The van der Waals surface area contributed by atoms with Gasteiger partial charge >= 0.3 is 0 Å². The van der Waals surface area contributed by atoms with Crippen molar-refractivity contribution in [2.75, 3.05) is 20.1 Å². The average Bonchev–Trinajstić information content (AvgIpc) is 2.35. The molecule has 0 unspecified atom stereocenters. The lowest BCUT2D eigenvalue weighted by atomic mass is 10.1. The summed E-state index contributed by atoms with van der Waals surface area (Å²) >= 11 is 0. The van der Waals surface area contributed by atoms with E-state index in [0.717, 1.165) is 24.1 Å². The van der Waals surface area contributed by atoms with Crippen molar-refractivity contribution in [1.29, 1.82) is 0 Å². The third kappa shape index (κ3) is 2.52. The number of hydrogen-bond acceptors (Lipinski definition) is 4. The van der Waals surface area contributed by atoms with Crippen LogP contribution in [0.3, 0.4) is 0 Å². The van der Waals surface area contributed by atoms with Gasteiger partial charge in [-0.1, -0.05) is 0 Å². The van der Waals surface area contributed by atoms with Crippen LogP contribution in [0.5, 0.6) is 0 Å². The molecule has 3 rings (SSSR count). The zero-order chi connectivity index (χ0) is 12.5. The molecule has 1 aliphatic heterocycles. The lowest BCUT2D eigenvalue weighted by molar-refractivity contribution is 0.0681. The molecule has 1 saturated heterocycles. The Morgan fingerprint density at radius 3 is 2.58 bits per heavy atom. The quantitative estimate of drug-likeness (QED) is 0.894. The fraction of sp³-hybridized carbons (Fsp3) is 0.308. The van der Waals surface area contributed by atoms with E-state index in [1.165, 1.54) is 0 Å². The van der Waals surface area contributed by atoms with E-state index in [1.54, 1.807) is 23.4 Å². The highest BCUT2D eigenvalue weighted by molar-refractivity contribution is 5.97. The van der Waals surface area contributed by atoms with Gasteiger partial charge in [-0.15, -0.1) is 12.4 Å². The van der Waals surface area contributed by atoms with Crippen LogP contribution in [0.15, 0.2) is 30.6 Å². The van der Waals surface area contributed by atoms with Crippen molar-refractivity contribution in [3.05, 3.63) is 36.2 Å². The Kier molecular flexibility index (Phi) is 3.97. The number of carbonyl (C=O) groups is 1. The van der Waals surface area contributed by atoms with Gasteiger partial charge in [0.15, 0.2) is 0 Å². The van der Waals surface area contributed by atoms with Gasteiger partial charge in [0.2, 0.25) is 0 Å². The van der Waals surface area contributed by atoms with E-state index in [1.807, 2.05) is 19.2 Å². The Morgan fingerprint density at radius 2 is 1.95 bits per heavy atom. The number of amides is 1. The molecule has 6 heteroatoms. The Labute approximate surface area is 117 Å². The van der Waals surface area contributed by atoms with E-state index in [9.17, 15) is 4.79 Å². The summed E-state index contributed by atoms with van der Waals surface area (Å²) in [6, 6.07) is 5.74. The van der Waals surface area contributed by atoms with Crippen LogP contribution in [-0.2, 0) is 0 Å². The molecule has 19 heavy (non-hydrogen) atoms. The molecule has 1 amide bonds. The third-order valence-corrected chi connectivity index (χ3v) is 3.34. The maximum atomic E-state index is 12.3. The van der Waals surface area contributed by atoms with Crippen LogP contribution in [0.4, 0.5) is 0 Å². The molecule has 1 aromatic carbocycles. The number of benzene rings is 1. The Hall–Kier alpha value is -1.72. The predicted molar refractivity (Wildman–Crippen MR) is 75.5 cm³/mol. The average molecular weight is 279 g/mol. The first kappa shape index (κ1) is 13.7. The van der Waals surface area contributed by atoms with Gasteiger partial charge in [-0.05, 0) is 18.2 Å². The molecule has 0 aliphatic carbocycles. The van der Waals surface area contributed by atoms with Crippen LogP contribution >= 0.6 is 12.4 Å². The van der Waals surface area contributed by atoms with Gasteiger partial charge in [0, 0.05) is 38.1 Å². The number of nitrogens with one attached hydrogen (secondary N) is 1. The molecule has 0 saturated carbocycles. The first-order valence-corrected chi connectivity index (χ1v) is 5.94. The minimum Gasteiger partial charge on any atom is -0.336 e. The summed E-state index contributed by atoms with van der Waals surface area (Å²) in [6.45, 7) is 1.74. The molecule has 2 aromatic rings. The molecule has 1 fully saturated rings. The first-order chi connectivity index (χ1) is 8.75. The minimum atomic E-state index is 0. The Balaban J connectivity index is 0.00000133. The maximum absolute atomic E-state index is 12.3. The number of hydrogen-bond donors (Lipinski definition) is 1. The highest BCUT2D eigenvalue weighted by Gasteiger charge is 2.26. The molecule has 0 radical (unpaired) electrons. The van der Waals surface area contributed by atoms with Crippen LogP contribution in [0.2, 0.25) is 0 Å². The number of carbonyl (C=O) groups excluding carboxylic acids is 1. The third-order valence-electron chi connectivity index (χ3n) is 3.34. The second-order valence-corrected chi connectivity index (χ2v) is 4.49. The van der Waals surface area contributed by atoms with E-state index in [4.69, 9.17) is 0 Å².